The standard InChI is InChI=1S/C29H28N2O5/c1-21-7-12-28(27(15-21)26-6-4-3-5-22(26)16-32)34-17-25-18-35-29(36-25,19-31-14-13-30-20-31)23-8-10-24(33-2)11-9-23/h3-16,20,25H,17-19H2,1-2H3. The molecule has 7 nitrogen and oxygen atoms in total. The fraction of sp³-hybridized carbons (Fsp3) is 0.241. The van der Waals surface area contributed by atoms with Gasteiger partial charge in [-0.05, 0) is 48.9 Å². The Morgan fingerprint density at radius 3 is 2.69 bits per heavy atom. The summed E-state index contributed by atoms with van der Waals surface area (Å²) in [5, 5.41) is 0. The molecule has 0 N–H and O–H groups in total. The minimum Gasteiger partial charge on any atom is -0.497 e. The van der Waals surface area contributed by atoms with E-state index in [0.29, 0.717) is 31.1 Å². The molecule has 1 fully saturated rings. The molecule has 0 aliphatic carbocycles. The van der Waals surface area contributed by atoms with E-state index < -0.39 is 5.79 Å². The van der Waals surface area contributed by atoms with Crippen LogP contribution < -0.4 is 9.47 Å². The molecule has 1 aliphatic heterocycles. The number of benzene rings is 3. The van der Waals surface area contributed by atoms with Crippen LogP contribution in [0.4, 0.5) is 0 Å². The number of aryl methyl sites for hydroxylation is 1. The van der Waals surface area contributed by atoms with Crippen molar-refractivity contribution < 1.29 is 23.7 Å². The molecule has 1 aromatic heterocycles. The summed E-state index contributed by atoms with van der Waals surface area (Å²) >= 11 is 0. The number of carbonyl (C=O) groups excluding carboxylic acids is 1. The molecule has 4 aromatic rings. The van der Waals surface area contributed by atoms with Crippen LogP contribution in [0.2, 0.25) is 0 Å². The van der Waals surface area contributed by atoms with Gasteiger partial charge in [0.1, 0.15) is 24.2 Å². The van der Waals surface area contributed by atoms with Gasteiger partial charge in [-0.15, -0.1) is 0 Å². The average Bonchev–Trinajstić information content (AvgIpc) is 3.59. The van der Waals surface area contributed by atoms with Gasteiger partial charge in [0.25, 0.3) is 0 Å². The van der Waals surface area contributed by atoms with Crippen molar-refractivity contribution in [3.8, 4) is 22.6 Å². The van der Waals surface area contributed by atoms with Crippen LogP contribution in [-0.4, -0.2) is 42.3 Å². The number of methoxy groups -OCH3 is 1. The lowest BCUT2D eigenvalue weighted by Crippen LogP contribution is -2.34. The quantitative estimate of drug-likeness (QED) is 0.311. The molecule has 1 saturated heterocycles. The van der Waals surface area contributed by atoms with Gasteiger partial charge >= 0.3 is 0 Å². The third-order valence-corrected chi connectivity index (χ3v) is 6.28. The first-order valence-electron chi connectivity index (χ1n) is 11.8. The van der Waals surface area contributed by atoms with Crippen LogP contribution in [0.25, 0.3) is 11.1 Å². The molecule has 0 bridgehead atoms. The number of ether oxygens (including phenoxy) is 4. The predicted molar refractivity (Wildman–Crippen MR) is 135 cm³/mol. The van der Waals surface area contributed by atoms with E-state index in [1.807, 2.05) is 84.4 Å². The number of aromatic nitrogens is 2. The number of hydrogen-bond donors (Lipinski definition) is 0. The summed E-state index contributed by atoms with van der Waals surface area (Å²) in [6, 6.07) is 21.2. The van der Waals surface area contributed by atoms with Crippen LogP contribution >= 0.6 is 0 Å². The number of imidazole rings is 1. The second-order valence-electron chi connectivity index (χ2n) is 8.78. The third-order valence-electron chi connectivity index (χ3n) is 6.28. The summed E-state index contributed by atoms with van der Waals surface area (Å²) in [6.45, 7) is 3.12. The highest BCUT2D eigenvalue weighted by molar-refractivity contribution is 5.89. The fourth-order valence-electron chi connectivity index (χ4n) is 4.45. The number of carbonyl (C=O) groups is 1. The zero-order valence-corrected chi connectivity index (χ0v) is 20.3. The normalized spacial score (nSPS) is 19.2. The van der Waals surface area contributed by atoms with E-state index in [4.69, 9.17) is 18.9 Å². The van der Waals surface area contributed by atoms with Crippen molar-refractivity contribution >= 4 is 6.29 Å². The highest BCUT2D eigenvalue weighted by atomic mass is 16.8. The predicted octanol–water partition coefficient (Wildman–Crippen LogP) is 5.03. The summed E-state index contributed by atoms with van der Waals surface area (Å²) in [7, 11) is 1.64. The Morgan fingerprint density at radius 2 is 1.94 bits per heavy atom. The lowest BCUT2D eigenvalue weighted by atomic mass is 9.98. The second-order valence-corrected chi connectivity index (χ2v) is 8.78. The van der Waals surface area contributed by atoms with Crippen molar-refractivity contribution in [3.05, 3.63) is 102 Å². The topological polar surface area (TPSA) is 71.8 Å². The average molecular weight is 485 g/mol. The van der Waals surface area contributed by atoms with E-state index in [9.17, 15) is 4.79 Å². The van der Waals surface area contributed by atoms with Crippen LogP contribution in [0, 0.1) is 6.92 Å². The smallest absolute Gasteiger partial charge is 0.214 e. The van der Waals surface area contributed by atoms with Crippen LogP contribution in [0.15, 0.2) is 85.5 Å². The maximum absolute atomic E-state index is 11.6. The maximum atomic E-state index is 11.6. The number of hydrogen-bond acceptors (Lipinski definition) is 6. The third kappa shape index (κ3) is 4.89. The summed E-state index contributed by atoms with van der Waals surface area (Å²) < 4.78 is 26.3. The van der Waals surface area contributed by atoms with Crippen molar-refractivity contribution in [3.63, 3.8) is 0 Å². The molecule has 0 saturated carbocycles. The van der Waals surface area contributed by atoms with E-state index in [2.05, 4.69) is 4.98 Å². The summed E-state index contributed by atoms with van der Waals surface area (Å²) in [5.74, 6) is 0.466. The fourth-order valence-corrected chi connectivity index (χ4v) is 4.45. The summed E-state index contributed by atoms with van der Waals surface area (Å²) in [5.41, 5.74) is 4.29. The first-order valence-corrected chi connectivity index (χ1v) is 11.8. The van der Waals surface area contributed by atoms with Crippen molar-refractivity contribution in [1.29, 1.82) is 0 Å². The number of aldehydes is 1. The highest BCUT2D eigenvalue weighted by Gasteiger charge is 2.44. The van der Waals surface area contributed by atoms with E-state index in [1.54, 1.807) is 19.6 Å². The Bertz CT molecular complexity index is 1320. The van der Waals surface area contributed by atoms with Crippen molar-refractivity contribution in [2.45, 2.75) is 25.4 Å². The zero-order valence-electron chi connectivity index (χ0n) is 20.3. The molecule has 2 atom stereocenters. The lowest BCUT2D eigenvalue weighted by Gasteiger charge is -2.29. The van der Waals surface area contributed by atoms with Crippen LogP contribution in [0.1, 0.15) is 21.5 Å². The molecule has 2 heterocycles. The molecule has 0 radical (unpaired) electrons. The Hall–Kier alpha value is -3.94. The molecule has 3 aromatic carbocycles. The minimum absolute atomic E-state index is 0.293. The van der Waals surface area contributed by atoms with Gasteiger partial charge in [-0.1, -0.05) is 35.9 Å². The molecule has 5 rings (SSSR count). The molecule has 0 amide bonds. The molecule has 36 heavy (non-hydrogen) atoms. The van der Waals surface area contributed by atoms with Gasteiger partial charge < -0.3 is 23.5 Å². The Labute approximate surface area is 210 Å². The minimum atomic E-state index is -0.985. The monoisotopic (exact) mass is 484 g/mol. The molecule has 1 aliphatic rings. The van der Waals surface area contributed by atoms with E-state index in [1.165, 1.54) is 0 Å². The maximum Gasteiger partial charge on any atom is 0.214 e. The van der Waals surface area contributed by atoms with Gasteiger partial charge in [-0.3, -0.25) is 4.79 Å². The Balaban J connectivity index is 1.37. The van der Waals surface area contributed by atoms with Gasteiger partial charge in [-0.2, -0.15) is 0 Å². The lowest BCUT2D eigenvalue weighted by molar-refractivity contribution is -0.189. The summed E-state index contributed by atoms with van der Waals surface area (Å²) in [4.78, 5) is 15.8. The van der Waals surface area contributed by atoms with Crippen molar-refractivity contribution in [2.75, 3.05) is 20.3 Å². The number of nitrogens with zero attached hydrogens (tertiary/aromatic N) is 2. The van der Waals surface area contributed by atoms with E-state index in [-0.39, 0.29) is 6.10 Å². The SMILES string of the molecule is COc1ccc(C2(Cn3ccnc3)OCC(COc3ccc(C)cc3-c3ccccc3C=O)O2)cc1. The van der Waals surface area contributed by atoms with E-state index >= 15 is 0 Å². The molecule has 2 unspecified atom stereocenters. The van der Waals surface area contributed by atoms with Crippen molar-refractivity contribution in [2.24, 2.45) is 0 Å². The molecule has 0 spiro atoms. The number of rotatable bonds is 9. The van der Waals surface area contributed by atoms with Crippen molar-refractivity contribution in [1.82, 2.24) is 9.55 Å². The van der Waals surface area contributed by atoms with Crippen LogP contribution in [0.5, 0.6) is 11.5 Å². The van der Waals surface area contributed by atoms with Gasteiger partial charge in [0.15, 0.2) is 6.29 Å². The van der Waals surface area contributed by atoms with Gasteiger partial charge in [0, 0.05) is 29.1 Å². The molecular formula is C29H28N2O5. The largest absolute Gasteiger partial charge is 0.497 e. The molecular weight excluding hydrogens is 456 g/mol. The second kappa shape index (κ2) is 10.4. The zero-order chi connectivity index (χ0) is 25.0. The molecule has 7 heteroatoms. The Kier molecular flexibility index (Phi) is 6.84. The van der Waals surface area contributed by atoms with Gasteiger partial charge in [-0.25, -0.2) is 4.98 Å². The van der Waals surface area contributed by atoms with Gasteiger partial charge in [0.05, 0.1) is 26.6 Å². The molecule has 184 valence electrons. The first kappa shape index (κ1) is 23.8. The van der Waals surface area contributed by atoms with Crippen LogP contribution in [0.3, 0.4) is 0 Å². The first-order chi connectivity index (χ1) is 17.6. The van der Waals surface area contributed by atoms with Crippen LogP contribution in [-0.2, 0) is 21.8 Å². The van der Waals surface area contributed by atoms with Gasteiger partial charge in [0.2, 0.25) is 5.79 Å². The van der Waals surface area contributed by atoms with E-state index in [0.717, 1.165) is 34.3 Å². The summed E-state index contributed by atoms with van der Waals surface area (Å²) in [6.07, 6.45) is 5.92. The Morgan fingerprint density at radius 1 is 1.11 bits per heavy atom. The highest BCUT2D eigenvalue weighted by Crippen LogP contribution is 2.38.